The Hall–Kier alpha value is -1.19. The number of hydrogen-bond acceptors (Lipinski definition) is 3. The van der Waals surface area contributed by atoms with Crippen molar-refractivity contribution in [3.8, 4) is 0 Å². The van der Waals surface area contributed by atoms with E-state index >= 15 is 0 Å². The molecule has 20 heavy (non-hydrogen) atoms. The van der Waals surface area contributed by atoms with Gasteiger partial charge in [0.2, 0.25) is 11.8 Å². The third-order valence-electron chi connectivity index (χ3n) is 3.79. The number of amides is 2. The molecule has 0 aromatic heterocycles. The van der Waals surface area contributed by atoms with E-state index in [1.807, 2.05) is 13.8 Å². The van der Waals surface area contributed by atoms with Gasteiger partial charge in [-0.05, 0) is 19.8 Å². The van der Waals surface area contributed by atoms with Crippen LogP contribution in [0.2, 0.25) is 0 Å². The van der Waals surface area contributed by atoms with Crippen molar-refractivity contribution in [2.75, 3.05) is 7.05 Å². The van der Waals surface area contributed by atoms with Crippen LogP contribution in [0.5, 0.6) is 0 Å². The molecule has 1 heterocycles. The van der Waals surface area contributed by atoms with Gasteiger partial charge in [-0.15, -0.1) is 0 Å². The molecule has 0 spiro atoms. The van der Waals surface area contributed by atoms with E-state index in [-0.39, 0.29) is 17.7 Å². The maximum atomic E-state index is 10.8. The molecule has 116 valence electrons. The molecule has 1 aliphatic heterocycles. The van der Waals surface area contributed by atoms with Gasteiger partial charge in [0.25, 0.3) is 0 Å². The molecule has 2 aliphatic rings. The second kappa shape index (κ2) is 9.67. The van der Waals surface area contributed by atoms with Gasteiger partial charge in [0.15, 0.2) is 0 Å². The number of nitrogens with zero attached hydrogens (tertiary/aromatic N) is 1. The number of Topliss-reactive ketones (excluding diaryl/α,β-unsaturated/α-hetero) is 1. The predicted octanol–water partition coefficient (Wildman–Crippen LogP) is 3.19. The lowest BCUT2D eigenvalue weighted by Gasteiger charge is -2.17. The standard InChI is InChI=1S/C8H14O.C6H9NO2.C2H6/c1-7(9)8-5-3-2-4-6-8;1-4-3-5(8)7(2)6(4)9;1-2/h8H,2-6H2,1H3;4H,3H2,1-2H3;1-2H3. The largest absolute Gasteiger partial charge is 0.300 e. The van der Waals surface area contributed by atoms with Crippen LogP contribution in [0.25, 0.3) is 0 Å². The lowest BCUT2D eigenvalue weighted by Crippen LogP contribution is -2.24. The highest BCUT2D eigenvalue weighted by Crippen LogP contribution is 2.23. The third kappa shape index (κ3) is 5.85. The second-order valence-electron chi connectivity index (χ2n) is 5.34. The smallest absolute Gasteiger partial charge is 0.232 e. The zero-order chi connectivity index (χ0) is 15.7. The Morgan fingerprint density at radius 3 is 1.80 bits per heavy atom. The van der Waals surface area contributed by atoms with Crippen molar-refractivity contribution >= 4 is 17.6 Å². The Morgan fingerprint density at radius 1 is 1.10 bits per heavy atom. The third-order valence-corrected chi connectivity index (χ3v) is 3.79. The number of ketones is 1. The van der Waals surface area contributed by atoms with Gasteiger partial charge < -0.3 is 0 Å². The zero-order valence-corrected chi connectivity index (χ0v) is 13.6. The molecule has 2 rings (SSSR count). The summed E-state index contributed by atoms with van der Waals surface area (Å²) in [4.78, 5) is 33.5. The first-order chi connectivity index (χ1) is 9.43. The topological polar surface area (TPSA) is 54.5 Å². The molecule has 4 nitrogen and oxygen atoms in total. The molecule has 0 aromatic carbocycles. The number of carbonyl (C=O) groups is 3. The number of rotatable bonds is 1. The van der Waals surface area contributed by atoms with Gasteiger partial charge in [0.1, 0.15) is 5.78 Å². The number of carbonyl (C=O) groups excluding carboxylic acids is 3. The maximum Gasteiger partial charge on any atom is 0.232 e. The molecule has 1 atom stereocenters. The Labute approximate surface area is 122 Å². The molecular weight excluding hydrogens is 254 g/mol. The van der Waals surface area contributed by atoms with E-state index in [4.69, 9.17) is 0 Å². The van der Waals surface area contributed by atoms with Crippen LogP contribution in [0.4, 0.5) is 0 Å². The number of likely N-dealkylation sites (tertiary alicyclic amines) is 1. The SMILES string of the molecule is CC.CC(=O)C1CCCCC1.CC1CC(=O)N(C)C1=O. The minimum atomic E-state index is -0.0949. The van der Waals surface area contributed by atoms with Gasteiger partial charge in [0, 0.05) is 25.3 Å². The Kier molecular flexibility index (Phi) is 9.10. The predicted molar refractivity (Wildman–Crippen MR) is 80.2 cm³/mol. The molecule has 2 fully saturated rings. The van der Waals surface area contributed by atoms with E-state index < -0.39 is 0 Å². The monoisotopic (exact) mass is 283 g/mol. The van der Waals surface area contributed by atoms with Crippen LogP contribution in [-0.4, -0.2) is 29.5 Å². The molecule has 1 saturated heterocycles. The van der Waals surface area contributed by atoms with Crippen LogP contribution in [0.1, 0.15) is 66.2 Å². The molecular formula is C16H29NO3. The fourth-order valence-electron chi connectivity index (χ4n) is 2.45. The minimum absolute atomic E-state index is 0.0556. The molecule has 1 unspecified atom stereocenters. The van der Waals surface area contributed by atoms with E-state index in [9.17, 15) is 14.4 Å². The molecule has 0 aromatic rings. The van der Waals surface area contributed by atoms with Crippen LogP contribution < -0.4 is 0 Å². The summed E-state index contributed by atoms with van der Waals surface area (Å²) in [5, 5.41) is 0. The fourth-order valence-corrected chi connectivity index (χ4v) is 2.45. The molecule has 0 radical (unpaired) electrons. The highest BCUT2D eigenvalue weighted by atomic mass is 16.2. The van der Waals surface area contributed by atoms with E-state index in [1.54, 1.807) is 13.8 Å². The van der Waals surface area contributed by atoms with Crippen molar-refractivity contribution in [3.05, 3.63) is 0 Å². The van der Waals surface area contributed by atoms with E-state index in [0.29, 0.717) is 18.1 Å². The summed E-state index contributed by atoms with van der Waals surface area (Å²) in [5.41, 5.74) is 0. The normalized spacial score (nSPS) is 22.6. The van der Waals surface area contributed by atoms with Crippen LogP contribution in [0.3, 0.4) is 0 Å². The maximum absolute atomic E-state index is 10.8. The van der Waals surface area contributed by atoms with Crippen molar-refractivity contribution in [2.45, 2.75) is 66.2 Å². The van der Waals surface area contributed by atoms with Crippen LogP contribution in [0.15, 0.2) is 0 Å². The van der Waals surface area contributed by atoms with Crippen LogP contribution in [-0.2, 0) is 14.4 Å². The minimum Gasteiger partial charge on any atom is -0.300 e. The van der Waals surface area contributed by atoms with Crippen molar-refractivity contribution in [1.82, 2.24) is 4.90 Å². The summed E-state index contributed by atoms with van der Waals surface area (Å²) in [5.74, 6) is 0.600. The summed E-state index contributed by atoms with van der Waals surface area (Å²) in [6.07, 6.45) is 6.55. The van der Waals surface area contributed by atoms with Gasteiger partial charge in [-0.1, -0.05) is 40.0 Å². The first-order valence-corrected chi connectivity index (χ1v) is 7.74. The summed E-state index contributed by atoms with van der Waals surface area (Å²) in [6, 6.07) is 0. The molecule has 1 saturated carbocycles. The lowest BCUT2D eigenvalue weighted by molar-refractivity contribution is -0.137. The molecule has 0 N–H and O–H groups in total. The quantitative estimate of drug-likeness (QED) is 0.694. The molecule has 2 amide bonds. The van der Waals surface area contributed by atoms with Gasteiger partial charge >= 0.3 is 0 Å². The first kappa shape index (κ1) is 18.8. The highest BCUT2D eigenvalue weighted by Gasteiger charge is 2.32. The average molecular weight is 283 g/mol. The second-order valence-corrected chi connectivity index (χ2v) is 5.34. The van der Waals surface area contributed by atoms with E-state index in [2.05, 4.69) is 0 Å². The van der Waals surface area contributed by atoms with Gasteiger partial charge in [-0.3, -0.25) is 19.3 Å². The van der Waals surface area contributed by atoms with Gasteiger partial charge in [0.05, 0.1) is 0 Å². The van der Waals surface area contributed by atoms with Crippen LogP contribution in [0, 0.1) is 11.8 Å². The van der Waals surface area contributed by atoms with Crippen molar-refractivity contribution in [1.29, 1.82) is 0 Å². The molecule has 4 heteroatoms. The Balaban J connectivity index is 0.000000321. The van der Waals surface area contributed by atoms with E-state index in [0.717, 1.165) is 12.8 Å². The number of imide groups is 1. The lowest BCUT2D eigenvalue weighted by atomic mass is 9.87. The average Bonchev–Trinajstić information content (AvgIpc) is 2.69. The summed E-state index contributed by atoms with van der Waals surface area (Å²) in [6.45, 7) is 7.49. The van der Waals surface area contributed by atoms with E-state index in [1.165, 1.54) is 31.2 Å². The van der Waals surface area contributed by atoms with Crippen molar-refractivity contribution in [3.63, 3.8) is 0 Å². The van der Waals surface area contributed by atoms with Crippen molar-refractivity contribution < 1.29 is 14.4 Å². The molecule has 0 bridgehead atoms. The Bertz CT molecular complexity index is 333. The summed E-state index contributed by atoms with van der Waals surface area (Å²) in [7, 11) is 1.52. The summed E-state index contributed by atoms with van der Waals surface area (Å²) >= 11 is 0. The zero-order valence-electron chi connectivity index (χ0n) is 13.6. The fraction of sp³-hybridized carbons (Fsp3) is 0.812. The summed E-state index contributed by atoms with van der Waals surface area (Å²) < 4.78 is 0. The van der Waals surface area contributed by atoms with Gasteiger partial charge in [-0.2, -0.15) is 0 Å². The molecule has 1 aliphatic carbocycles. The van der Waals surface area contributed by atoms with Crippen molar-refractivity contribution in [2.24, 2.45) is 11.8 Å². The Morgan fingerprint density at radius 2 is 1.60 bits per heavy atom. The highest BCUT2D eigenvalue weighted by molar-refractivity contribution is 6.02. The van der Waals surface area contributed by atoms with Gasteiger partial charge in [-0.25, -0.2) is 0 Å². The number of hydrogen-bond donors (Lipinski definition) is 0. The van der Waals surface area contributed by atoms with Crippen LogP contribution >= 0.6 is 0 Å². The first-order valence-electron chi connectivity index (χ1n) is 7.74.